The van der Waals surface area contributed by atoms with Gasteiger partial charge in [-0.2, -0.15) is 9.56 Å². The minimum atomic E-state index is -2.58. The van der Waals surface area contributed by atoms with Crippen molar-refractivity contribution in [2.75, 3.05) is 11.5 Å². The molecule has 0 N–H and O–H groups in total. The Hall–Kier alpha value is -1.02. The zero-order valence-electron chi connectivity index (χ0n) is 19.0. The first-order valence-corrected chi connectivity index (χ1v) is 19.9. The first-order valence-electron chi connectivity index (χ1n) is 11.3. The third kappa shape index (κ3) is 4.46. The molecule has 34 heavy (non-hydrogen) atoms. The van der Waals surface area contributed by atoms with Gasteiger partial charge in [0.2, 0.25) is 0 Å². The van der Waals surface area contributed by atoms with Crippen molar-refractivity contribution in [2.24, 2.45) is 10.2 Å². The van der Waals surface area contributed by atoms with Crippen molar-refractivity contribution >= 4 is 69.3 Å². The predicted octanol–water partition coefficient (Wildman–Crippen LogP) is 7.63. The molecule has 2 aromatic carbocycles. The van der Waals surface area contributed by atoms with Crippen molar-refractivity contribution in [1.29, 1.82) is 0 Å². The van der Waals surface area contributed by atoms with E-state index in [0.717, 1.165) is 59.8 Å². The largest absolute Gasteiger partial charge is 0.439 e. The van der Waals surface area contributed by atoms with E-state index < -0.39 is 11.2 Å². The fourth-order valence-corrected chi connectivity index (χ4v) is 14.2. The maximum Gasteiger partial charge on any atom is 0.283 e. The summed E-state index contributed by atoms with van der Waals surface area (Å²) < 4.78 is 16.7. The highest BCUT2D eigenvalue weighted by Crippen LogP contribution is 2.70. The third-order valence-electron chi connectivity index (χ3n) is 5.41. The van der Waals surface area contributed by atoms with Crippen LogP contribution < -0.4 is 9.05 Å². The lowest BCUT2D eigenvalue weighted by atomic mass is 10.1. The molecule has 0 aromatic heterocycles. The summed E-state index contributed by atoms with van der Waals surface area (Å²) >= 11 is 15.7. The number of nitrogens with zero attached hydrogens (tertiary/aromatic N) is 4. The van der Waals surface area contributed by atoms with Crippen molar-refractivity contribution in [1.82, 2.24) is 9.56 Å². The summed E-state index contributed by atoms with van der Waals surface area (Å²) in [4.78, 5) is 0. The van der Waals surface area contributed by atoms with Crippen LogP contribution in [0.2, 0.25) is 0 Å². The van der Waals surface area contributed by atoms with Gasteiger partial charge in [-0.15, -0.1) is 10.2 Å². The van der Waals surface area contributed by atoms with Crippen LogP contribution >= 0.6 is 34.0 Å². The molecule has 0 bridgehead atoms. The number of unbranched alkanes of at least 4 members (excludes halogenated alkanes) is 2. The van der Waals surface area contributed by atoms with Gasteiger partial charge in [0.1, 0.15) is 11.5 Å². The van der Waals surface area contributed by atoms with Crippen molar-refractivity contribution in [3.05, 3.63) is 59.7 Å². The van der Waals surface area contributed by atoms with Gasteiger partial charge < -0.3 is 9.05 Å². The number of hydrogen-bond donors (Lipinski definition) is 0. The molecule has 0 spiro atoms. The predicted molar refractivity (Wildman–Crippen MR) is 154 cm³/mol. The van der Waals surface area contributed by atoms with Crippen molar-refractivity contribution in [3.8, 4) is 11.5 Å². The Kier molecular flexibility index (Phi) is 7.37. The van der Waals surface area contributed by atoms with Crippen LogP contribution in [0.3, 0.4) is 0 Å². The van der Waals surface area contributed by atoms with E-state index in [-0.39, 0.29) is 0 Å². The van der Waals surface area contributed by atoms with E-state index in [2.05, 4.69) is 13.8 Å². The molecule has 3 heterocycles. The highest BCUT2D eigenvalue weighted by molar-refractivity contribution is 8.69. The molecule has 0 saturated carbocycles. The van der Waals surface area contributed by atoms with Gasteiger partial charge in [0, 0.05) is 11.5 Å². The van der Waals surface area contributed by atoms with E-state index in [4.69, 9.17) is 42.9 Å². The molecular formula is C22H26N4O2P2S4. The summed E-state index contributed by atoms with van der Waals surface area (Å²) in [6, 6.07) is 15.8. The highest BCUT2D eigenvalue weighted by Gasteiger charge is 2.47. The van der Waals surface area contributed by atoms with E-state index in [1.807, 2.05) is 58.1 Å². The molecule has 3 aliphatic heterocycles. The van der Waals surface area contributed by atoms with Crippen LogP contribution in [-0.4, -0.2) is 32.7 Å². The zero-order chi connectivity index (χ0) is 23.8. The molecular weight excluding hydrogens is 542 g/mol. The van der Waals surface area contributed by atoms with Gasteiger partial charge in [0.25, 0.3) is 11.2 Å². The van der Waals surface area contributed by atoms with Crippen LogP contribution in [0.15, 0.2) is 58.7 Å². The normalized spacial score (nSPS) is 24.5. The Bertz CT molecular complexity index is 1160. The molecule has 0 saturated heterocycles. The molecule has 0 radical (unpaired) electrons. The Morgan fingerprint density at radius 1 is 0.735 bits per heavy atom. The fourth-order valence-electron chi connectivity index (χ4n) is 3.62. The van der Waals surface area contributed by atoms with Crippen LogP contribution in [0.1, 0.15) is 50.7 Å². The van der Waals surface area contributed by atoms with Crippen LogP contribution in [0.4, 0.5) is 0 Å². The quantitative estimate of drug-likeness (QED) is 0.238. The summed E-state index contributed by atoms with van der Waals surface area (Å²) in [6.45, 7) is 4.36. The van der Waals surface area contributed by atoms with Gasteiger partial charge in [0.05, 0.1) is 11.1 Å². The molecule has 12 heteroatoms. The van der Waals surface area contributed by atoms with E-state index in [1.54, 1.807) is 22.8 Å². The lowest BCUT2D eigenvalue weighted by Gasteiger charge is -2.44. The van der Waals surface area contributed by atoms with Gasteiger partial charge >= 0.3 is 0 Å². The summed E-state index contributed by atoms with van der Waals surface area (Å²) in [6.07, 6.45) is 4.35. The van der Waals surface area contributed by atoms with E-state index in [0.29, 0.717) is 11.7 Å². The summed E-state index contributed by atoms with van der Waals surface area (Å²) in [7, 11) is 0. The van der Waals surface area contributed by atoms with Gasteiger partial charge in [-0.3, -0.25) is 0 Å². The van der Waals surface area contributed by atoms with Gasteiger partial charge in [-0.05, 0) is 60.7 Å². The monoisotopic (exact) mass is 568 g/mol. The average molecular weight is 569 g/mol. The lowest BCUT2D eigenvalue weighted by molar-refractivity contribution is 0.481. The second-order valence-corrected chi connectivity index (χ2v) is 21.1. The Balaban J connectivity index is 1.65. The molecule has 3 aliphatic rings. The second-order valence-electron chi connectivity index (χ2n) is 7.91. The first kappa shape index (κ1) is 24.7. The SMILES string of the molecule is CCCCS[P@@]1(=S)Oc2ccccc2C2=NN3C(=NN21)c1ccccc1O[P@]3(=S)SCCCC. The molecule has 2 atom stereocenters. The first-order chi connectivity index (χ1) is 16.5. The Morgan fingerprint density at radius 2 is 1.15 bits per heavy atom. The average Bonchev–Trinajstić information content (AvgIpc) is 2.84. The zero-order valence-corrected chi connectivity index (χ0v) is 24.0. The van der Waals surface area contributed by atoms with Crippen molar-refractivity contribution in [3.63, 3.8) is 0 Å². The maximum atomic E-state index is 6.49. The minimum absolute atomic E-state index is 0.700. The van der Waals surface area contributed by atoms with Gasteiger partial charge in [-0.25, -0.2) is 0 Å². The summed E-state index contributed by atoms with van der Waals surface area (Å²) in [5, 5.41) is 10.3. The number of fused-ring (bicyclic) bond motifs is 6. The number of para-hydroxylation sites is 2. The topological polar surface area (TPSA) is 49.7 Å². The fraction of sp³-hybridized carbons (Fsp3) is 0.364. The molecule has 5 rings (SSSR count). The summed E-state index contributed by atoms with van der Waals surface area (Å²) in [5.41, 5.74) is -3.41. The molecule has 2 aromatic rings. The number of rotatable bonds is 8. The third-order valence-corrected chi connectivity index (χ3v) is 17.0. The van der Waals surface area contributed by atoms with Crippen LogP contribution in [-0.2, 0) is 23.6 Å². The van der Waals surface area contributed by atoms with Crippen molar-refractivity contribution in [2.45, 2.75) is 39.5 Å². The molecule has 180 valence electrons. The molecule has 6 nitrogen and oxygen atoms in total. The van der Waals surface area contributed by atoms with Crippen LogP contribution in [0.25, 0.3) is 0 Å². The molecule has 0 unspecified atom stereocenters. The molecule has 0 fully saturated rings. The van der Waals surface area contributed by atoms with E-state index in [1.165, 1.54) is 0 Å². The number of hydrazone groups is 2. The highest BCUT2D eigenvalue weighted by atomic mass is 32.9. The van der Waals surface area contributed by atoms with Gasteiger partial charge in [0.15, 0.2) is 11.7 Å². The van der Waals surface area contributed by atoms with Gasteiger partial charge in [-0.1, -0.05) is 73.7 Å². The Morgan fingerprint density at radius 3 is 1.56 bits per heavy atom. The second kappa shape index (κ2) is 10.2. The summed E-state index contributed by atoms with van der Waals surface area (Å²) in [5.74, 6) is 4.75. The molecule has 0 aliphatic carbocycles. The minimum Gasteiger partial charge on any atom is -0.439 e. The lowest BCUT2D eigenvalue weighted by Crippen LogP contribution is -2.42. The number of benzene rings is 2. The van der Waals surface area contributed by atoms with Crippen LogP contribution in [0, 0.1) is 0 Å². The standard InChI is InChI=1S/C22H26N4O2P2S4/c1-3-5-15-33-29(31)25-21(17-11-7-9-13-19(17)27-29)24-26-22(23-25)18-12-8-10-14-20(18)28-30(26,32)34-16-6-4-2/h7-14H,3-6,15-16H2,1-2H3/t29-,30-/m1/s1. The van der Waals surface area contributed by atoms with E-state index >= 15 is 0 Å². The van der Waals surface area contributed by atoms with Crippen LogP contribution in [0.5, 0.6) is 11.5 Å². The molecule has 0 amide bonds. The van der Waals surface area contributed by atoms with Crippen molar-refractivity contribution < 1.29 is 9.05 Å². The number of hydrogen-bond acceptors (Lipinski definition) is 8. The maximum absolute atomic E-state index is 6.49. The number of amidine groups is 2. The van der Waals surface area contributed by atoms with E-state index in [9.17, 15) is 0 Å². The smallest absolute Gasteiger partial charge is 0.283 e. The Labute approximate surface area is 219 Å².